The summed E-state index contributed by atoms with van der Waals surface area (Å²) in [5.41, 5.74) is 0. The van der Waals surface area contributed by atoms with Gasteiger partial charge in [0.15, 0.2) is 5.82 Å². The summed E-state index contributed by atoms with van der Waals surface area (Å²) in [4.78, 5) is 15.2. The Morgan fingerprint density at radius 3 is 3.07 bits per heavy atom. The molecular formula is C10H15N3O2. The number of aromatic amines is 1. The number of esters is 1. The number of nitrogens with one attached hydrogen (secondary N) is 1. The minimum atomic E-state index is -0.170. The van der Waals surface area contributed by atoms with Crippen LogP contribution in [0.2, 0.25) is 0 Å². The van der Waals surface area contributed by atoms with Crippen molar-refractivity contribution in [2.24, 2.45) is 0 Å². The van der Waals surface area contributed by atoms with E-state index in [2.05, 4.69) is 19.9 Å². The monoisotopic (exact) mass is 209 g/mol. The van der Waals surface area contributed by atoms with E-state index >= 15 is 0 Å². The summed E-state index contributed by atoms with van der Waals surface area (Å²) in [6, 6.07) is 0. The molecule has 0 aromatic carbocycles. The van der Waals surface area contributed by atoms with E-state index in [-0.39, 0.29) is 5.97 Å². The van der Waals surface area contributed by atoms with Crippen LogP contribution >= 0.6 is 0 Å². The molecule has 1 aromatic rings. The summed E-state index contributed by atoms with van der Waals surface area (Å²) in [5.74, 6) is 2.22. The maximum absolute atomic E-state index is 10.9. The van der Waals surface area contributed by atoms with Crippen molar-refractivity contribution in [2.45, 2.75) is 38.0 Å². The summed E-state index contributed by atoms with van der Waals surface area (Å²) >= 11 is 0. The molecule has 1 aliphatic rings. The summed E-state index contributed by atoms with van der Waals surface area (Å²) < 4.78 is 4.56. The number of aromatic nitrogens is 3. The van der Waals surface area contributed by atoms with Crippen molar-refractivity contribution >= 4 is 5.97 Å². The largest absolute Gasteiger partial charge is 0.469 e. The standard InChI is InChI=1S/C10H15N3O2/c1-15-9(14)4-2-3-8-11-10(13-12-8)7-5-6-7/h7H,2-6H2,1H3,(H,11,12,13). The van der Waals surface area contributed by atoms with Gasteiger partial charge in [0.05, 0.1) is 7.11 Å². The minimum absolute atomic E-state index is 0.170. The van der Waals surface area contributed by atoms with Crippen LogP contribution < -0.4 is 0 Å². The van der Waals surface area contributed by atoms with Crippen LogP contribution in [0.25, 0.3) is 0 Å². The third-order valence-corrected chi connectivity index (χ3v) is 2.51. The van der Waals surface area contributed by atoms with Crippen LogP contribution in [0.15, 0.2) is 0 Å². The second-order valence-corrected chi connectivity index (χ2v) is 3.84. The molecule has 1 aromatic heterocycles. The third-order valence-electron chi connectivity index (χ3n) is 2.51. The van der Waals surface area contributed by atoms with E-state index in [1.54, 1.807) is 0 Å². The van der Waals surface area contributed by atoms with Gasteiger partial charge in [-0.3, -0.25) is 9.89 Å². The Kier molecular flexibility index (Phi) is 2.99. The van der Waals surface area contributed by atoms with Crippen molar-refractivity contribution in [1.82, 2.24) is 15.2 Å². The Hall–Kier alpha value is -1.39. The fourth-order valence-electron chi connectivity index (χ4n) is 1.45. The molecule has 0 saturated heterocycles. The minimum Gasteiger partial charge on any atom is -0.469 e. The Balaban J connectivity index is 1.75. The summed E-state index contributed by atoms with van der Waals surface area (Å²) in [7, 11) is 1.40. The van der Waals surface area contributed by atoms with Crippen LogP contribution in [0.4, 0.5) is 0 Å². The van der Waals surface area contributed by atoms with E-state index in [0.717, 1.165) is 24.5 Å². The first-order valence-electron chi connectivity index (χ1n) is 5.27. The highest BCUT2D eigenvalue weighted by Crippen LogP contribution is 2.37. The lowest BCUT2D eigenvalue weighted by Crippen LogP contribution is -2.01. The number of hydrogen-bond acceptors (Lipinski definition) is 4. The van der Waals surface area contributed by atoms with Gasteiger partial charge in [0, 0.05) is 18.8 Å². The van der Waals surface area contributed by atoms with Crippen LogP contribution in [-0.4, -0.2) is 28.3 Å². The van der Waals surface area contributed by atoms with Gasteiger partial charge in [-0.1, -0.05) is 0 Å². The number of carbonyl (C=O) groups excluding carboxylic acids is 1. The molecule has 1 aliphatic carbocycles. The van der Waals surface area contributed by atoms with E-state index in [0.29, 0.717) is 12.3 Å². The molecule has 0 amide bonds. The average Bonchev–Trinajstić information content (AvgIpc) is 2.99. The van der Waals surface area contributed by atoms with Crippen molar-refractivity contribution in [2.75, 3.05) is 7.11 Å². The van der Waals surface area contributed by atoms with Gasteiger partial charge in [-0.2, -0.15) is 5.10 Å². The lowest BCUT2D eigenvalue weighted by molar-refractivity contribution is -0.140. The van der Waals surface area contributed by atoms with E-state index in [1.807, 2.05) is 0 Å². The van der Waals surface area contributed by atoms with Crippen molar-refractivity contribution in [3.8, 4) is 0 Å². The topological polar surface area (TPSA) is 67.9 Å². The molecular weight excluding hydrogens is 194 g/mol. The van der Waals surface area contributed by atoms with E-state index in [4.69, 9.17) is 0 Å². The normalized spacial score (nSPS) is 15.3. The van der Waals surface area contributed by atoms with Crippen LogP contribution in [-0.2, 0) is 16.0 Å². The van der Waals surface area contributed by atoms with Crippen molar-refractivity contribution in [3.63, 3.8) is 0 Å². The van der Waals surface area contributed by atoms with Gasteiger partial charge in [-0.05, 0) is 19.3 Å². The number of nitrogens with zero attached hydrogens (tertiary/aromatic N) is 2. The molecule has 82 valence electrons. The number of aryl methyl sites for hydroxylation is 1. The van der Waals surface area contributed by atoms with E-state index in [9.17, 15) is 4.79 Å². The second-order valence-electron chi connectivity index (χ2n) is 3.84. The van der Waals surface area contributed by atoms with Gasteiger partial charge < -0.3 is 4.74 Å². The third kappa shape index (κ3) is 2.78. The number of carbonyl (C=O) groups is 1. The van der Waals surface area contributed by atoms with Crippen molar-refractivity contribution in [1.29, 1.82) is 0 Å². The number of hydrogen-bond donors (Lipinski definition) is 1. The summed E-state index contributed by atoms with van der Waals surface area (Å²) in [5, 5.41) is 7.05. The molecule has 0 aliphatic heterocycles. The number of H-pyrrole nitrogens is 1. The first-order valence-corrected chi connectivity index (χ1v) is 5.27. The second kappa shape index (κ2) is 4.42. The molecule has 0 atom stereocenters. The fraction of sp³-hybridized carbons (Fsp3) is 0.700. The predicted octanol–water partition coefficient (Wildman–Crippen LogP) is 1.18. The zero-order valence-electron chi connectivity index (χ0n) is 8.82. The lowest BCUT2D eigenvalue weighted by atomic mass is 10.2. The van der Waals surface area contributed by atoms with Crippen LogP contribution in [0.3, 0.4) is 0 Å². The smallest absolute Gasteiger partial charge is 0.305 e. The number of rotatable bonds is 5. The van der Waals surface area contributed by atoms with Crippen molar-refractivity contribution in [3.05, 3.63) is 11.6 Å². The maximum atomic E-state index is 10.9. The van der Waals surface area contributed by atoms with Gasteiger partial charge in [-0.15, -0.1) is 0 Å². The SMILES string of the molecule is COC(=O)CCCc1nc(C2CC2)n[nH]1. The number of methoxy groups -OCH3 is 1. The van der Waals surface area contributed by atoms with Crippen LogP contribution in [0.1, 0.15) is 43.3 Å². The van der Waals surface area contributed by atoms with Crippen LogP contribution in [0, 0.1) is 0 Å². The summed E-state index contributed by atoms with van der Waals surface area (Å²) in [6.07, 6.45) is 4.37. The number of ether oxygens (including phenoxy) is 1. The first kappa shape index (κ1) is 10.1. The Morgan fingerprint density at radius 2 is 2.40 bits per heavy atom. The molecule has 5 nitrogen and oxygen atoms in total. The highest BCUT2D eigenvalue weighted by Gasteiger charge is 2.27. The highest BCUT2D eigenvalue weighted by atomic mass is 16.5. The van der Waals surface area contributed by atoms with Gasteiger partial charge in [0.2, 0.25) is 0 Å². The predicted molar refractivity (Wildman–Crippen MR) is 53.3 cm³/mol. The molecule has 5 heteroatoms. The Morgan fingerprint density at radius 1 is 1.60 bits per heavy atom. The average molecular weight is 209 g/mol. The molecule has 1 heterocycles. The van der Waals surface area contributed by atoms with E-state index < -0.39 is 0 Å². The Bertz CT molecular complexity index is 344. The molecule has 0 unspecified atom stereocenters. The van der Waals surface area contributed by atoms with Gasteiger partial charge in [0.1, 0.15) is 5.82 Å². The maximum Gasteiger partial charge on any atom is 0.305 e. The fourth-order valence-corrected chi connectivity index (χ4v) is 1.45. The molecule has 1 fully saturated rings. The highest BCUT2D eigenvalue weighted by molar-refractivity contribution is 5.69. The Labute approximate surface area is 88.2 Å². The van der Waals surface area contributed by atoms with Gasteiger partial charge in [-0.25, -0.2) is 4.98 Å². The molecule has 0 spiro atoms. The van der Waals surface area contributed by atoms with E-state index in [1.165, 1.54) is 20.0 Å². The van der Waals surface area contributed by atoms with Gasteiger partial charge in [0.25, 0.3) is 0 Å². The molecule has 2 rings (SSSR count). The van der Waals surface area contributed by atoms with Crippen molar-refractivity contribution < 1.29 is 9.53 Å². The lowest BCUT2D eigenvalue weighted by Gasteiger charge is -1.96. The zero-order chi connectivity index (χ0) is 10.7. The summed E-state index contributed by atoms with van der Waals surface area (Å²) in [6.45, 7) is 0. The first-order chi connectivity index (χ1) is 7.29. The molecule has 1 N–H and O–H groups in total. The van der Waals surface area contributed by atoms with Gasteiger partial charge >= 0.3 is 5.97 Å². The molecule has 1 saturated carbocycles. The molecule has 0 bridgehead atoms. The molecule has 15 heavy (non-hydrogen) atoms. The zero-order valence-corrected chi connectivity index (χ0v) is 8.82. The quantitative estimate of drug-likeness (QED) is 0.739. The molecule has 0 radical (unpaired) electrons. The van der Waals surface area contributed by atoms with Crippen LogP contribution in [0.5, 0.6) is 0 Å².